The summed E-state index contributed by atoms with van der Waals surface area (Å²) in [6, 6.07) is 2.54. The van der Waals surface area contributed by atoms with Crippen LogP contribution in [-0.4, -0.2) is 14.8 Å². The van der Waals surface area contributed by atoms with Gasteiger partial charge in [-0.05, 0) is 30.9 Å². The molecular formula is C13H19N3. The largest absolute Gasteiger partial charge is 0.245 e. The van der Waals surface area contributed by atoms with Crippen molar-refractivity contribution in [2.45, 2.75) is 46.1 Å². The average molecular weight is 217 g/mol. The van der Waals surface area contributed by atoms with Crippen LogP contribution >= 0.6 is 0 Å². The molecule has 0 saturated carbocycles. The topological polar surface area (TPSA) is 30.7 Å². The van der Waals surface area contributed by atoms with Gasteiger partial charge in [0, 0.05) is 17.6 Å². The fourth-order valence-corrected chi connectivity index (χ4v) is 1.73. The molecule has 0 aliphatic carbocycles. The average Bonchev–Trinajstić information content (AvgIpc) is 2.58. The molecule has 0 unspecified atom stereocenters. The van der Waals surface area contributed by atoms with E-state index in [1.807, 2.05) is 17.1 Å². The standard InChI is InChI=1S/C13H19N3/c1-9(2)16-12-10(7-15-16)6-11(8-14-12)13(3,4)5/h6-9H,1-5H3. The lowest BCUT2D eigenvalue weighted by molar-refractivity contribution is 0.545. The second kappa shape index (κ2) is 3.58. The summed E-state index contributed by atoms with van der Waals surface area (Å²) in [6.07, 6.45) is 3.86. The Balaban J connectivity index is 2.58. The fourth-order valence-electron chi connectivity index (χ4n) is 1.73. The highest BCUT2D eigenvalue weighted by atomic mass is 15.3. The SMILES string of the molecule is CC(C)n1ncc2cc(C(C)(C)C)cnc21. The summed E-state index contributed by atoms with van der Waals surface area (Å²) in [7, 11) is 0. The normalized spacial score (nSPS) is 12.6. The van der Waals surface area contributed by atoms with E-state index in [2.05, 4.69) is 50.8 Å². The Morgan fingerprint density at radius 2 is 1.88 bits per heavy atom. The molecule has 16 heavy (non-hydrogen) atoms. The third kappa shape index (κ3) is 1.82. The number of nitrogens with zero attached hydrogens (tertiary/aromatic N) is 3. The van der Waals surface area contributed by atoms with Gasteiger partial charge in [0.2, 0.25) is 0 Å². The molecule has 3 nitrogen and oxygen atoms in total. The molecule has 3 heteroatoms. The van der Waals surface area contributed by atoms with Crippen molar-refractivity contribution in [2.75, 3.05) is 0 Å². The van der Waals surface area contributed by atoms with Gasteiger partial charge in [-0.15, -0.1) is 0 Å². The zero-order valence-electron chi connectivity index (χ0n) is 10.7. The van der Waals surface area contributed by atoms with Gasteiger partial charge in [-0.25, -0.2) is 9.67 Å². The Labute approximate surface area is 96.5 Å². The number of hydrogen-bond acceptors (Lipinski definition) is 2. The lowest BCUT2D eigenvalue weighted by atomic mass is 9.88. The van der Waals surface area contributed by atoms with Crippen molar-refractivity contribution in [1.29, 1.82) is 0 Å². The lowest BCUT2D eigenvalue weighted by Crippen LogP contribution is -2.11. The molecular weight excluding hydrogens is 198 g/mol. The monoisotopic (exact) mass is 217 g/mol. The number of fused-ring (bicyclic) bond motifs is 1. The Hall–Kier alpha value is -1.38. The summed E-state index contributed by atoms with van der Waals surface area (Å²) >= 11 is 0. The molecule has 0 spiro atoms. The van der Waals surface area contributed by atoms with Gasteiger partial charge in [-0.3, -0.25) is 0 Å². The summed E-state index contributed by atoms with van der Waals surface area (Å²) < 4.78 is 1.96. The van der Waals surface area contributed by atoms with Crippen LogP contribution in [-0.2, 0) is 5.41 Å². The maximum Gasteiger partial charge on any atom is 0.157 e. The molecule has 0 N–H and O–H groups in total. The zero-order chi connectivity index (χ0) is 11.9. The van der Waals surface area contributed by atoms with Crippen molar-refractivity contribution in [3.05, 3.63) is 24.0 Å². The van der Waals surface area contributed by atoms with Crippen LogP contribution < -0.4 is 0 Å². The van der Waals surface area contributed by atoms with Crippen LogP contribution in [0.15, 0.2) is 18.5 Å². The quantitative estimate of drug-likeness (QED) is 0.733. The van der Waals surface area contributed by atoms with Crippen LogP contribution in [0.2, 0.25) is 0 Å². The molecule has 0 aromatic carbocycles. The first kappa shape index (κ1) is 11.1. The molecule has 2 aromatic heterocycles. The van der Waals surface area contributed by atoms with Gasteiger partial charge in [-0.1, -0.05) is 20.8 Å². The van der Waals surface area contributed by atoms with E-state index in [0.29, 0.717) is 6.04 Å². The molecule has 0 aliphatic heterocycles. The lowest BCUT2D eigenvalue weighted by Gasteiger charge is -2.18. The number of aromatic nitrogens is 3. The molecule has 0 atom stereocenters. The third-order valence-corrected chi connectivity index (χ3v) is 2.79. The van der Waals surface area contributed by atoms with Gasteiger partial charge in [-0.2, -0.15) is 5.10 Å². The van der Waals surface area contributed by atoms with Crippen molar-refractivity contribution in [3.8, 4) is 0 Å². The Bertz CT molecular complexity index is 503. The molecule has 2 heterocycles. The van der Waals surface area contributed by atoms with Crippen molar-refractivity contribution >= 4 is 11.0 Å². The van der Waals surface area contributed by atoms with E-state index < -0.39 is 0 Å². The molecule has 0 amide bonds. The first-order valence-corrected chi connectivity index (χ1v) is 5.73. The predicted molar refractivity (Wildman–Crippen MR) is 66.6 cm³/mol. The van der Waals surface area contributed by atoms with Gasteiger partial charge in [0.1, 0.15) is 0 Å². The Kier molecular flexibility index (Phi) is 2.49. The minimum Gasteiger partial charge on any atom is -0.245 e. The van der Waals surface area contributed by atoms with Crippen molar-refractivity contribution in [3.63, 3.8) is 0 Å². The van der Waals surface area contributed by atoms with E-state index >= 15 is 0 Å². The molecule has 0 saturated heterocycles. The highest BCUT2D eigenvalue weighted by Crippen LogP contribution is 2.25. The van der Waals surface area contributed by atoms with Crippen molar-refractivity contribution in [1.82, 2.24) is 14.8 Å². The first-order chi connectivity index (χ1) is 7.39. The summed E-state index contributed by atoms with van der Waals surface area (Å²) in [5.41, 5.74) is 2.37. The summed E-state index contributed by atoms with van der Waals surface area (Å²) in [5.74, 6) is 0. The van der Waals surface area contributed by atoms with Crippen LogP contribution in [0.3, 0.4) is 0 Å². The van der Waals surface area contributed by atoms with Gasteiger partial charge in [0.25, 0.3) is 0 Å². The predicted octanol–water partition coefficient (Wildman–Crippen LogP) is 3.31. The van der Waals surface area contributed by atoms with Crippen LogP contribution in [0.4, 0.5) is 0 Å². The van der Waals surface area contributed by atoms with Gasteiger partial charge in [0.05, 0.1) is 6.20 Å². The number of pyridine rings is 1. The van der Waals surface area contributed by atoms with Gasteiger partial charge in [0.15, 0.2) is 5.65 Å². The molecule has 2 aromatic rings. The van der Waals surface area contributed by atoms with Crippen LogP contribution in [0.1, 0.15) is 46.2 Å². The minimum absolute atomic E-state index is 0.140. The van der Waals surface area contributed by atoms with Crippen molar-refractivity contribution < 1.29 is 0 Å². The van der Waals surface area contributed by atoms with E-state index in [1.165, 1.54) is 5.56 Å². The maximum atomic E-state index is 4.53. The van der Waals surface area contributed by atoms with E-state index in [0.717, 1.165) is 11.0 Å². The molecule has 2 rings (SSSR count). The van der Waals surface area contributed by atoms with E-state index in [9.17, 15) is 0 Å². The second-order valence-electron chi connectivity index (χ2n) is 5.57. The van der Waals surface area contributed by atoms with Gasteiger partial charge >= 0.3 is 0 Å². The van der Waals surface area contributed by atoms with Crippen LogP contribution in [0.25, 0.3) is 11.0 Å². The summed E-state index contributed by atoms with van der Waals surface area (Å²) in [6.45, 7) is 10.8. The minimum atomic E-state index is 0.140. The molecule has 0 fully saturated rings. The molecule has 0 radical (unpaired) electrons. The third-order valence-electron chi connectivity index (χ3n) is 2.79. The first-order valence-electron chi connectivity index (χ1n) is 5.73. The van der Waals surface area contributed by atoms with E-state index in [-0.39, 0.29) is 5.41 Å². The summed E-state index contributed by atoms with van der Waals surface area (Å²) in [4.78, 5) is 4.53. The maximum absolute atomic E-state index is 4.53. The highest BCUT2D eigenvalue weighted by molar-refractivity contribution is 5.75. The Morgan fingerprint density at radius 1 is 1.19 bits per heavy atom. The fraction of sp³-hybridized carbons (Fsp3) is 0.538. The number of hydrogen-bond donors (Lipinski definition) is 0. The molecule has 0 aliphatic rings. The summed E-state index contributed by atoms with van der Waals surface area (Å²) in [5, 5.41) is 5.50. The van der Waals surface area contributed by atoms with Crippen LogP contribution in [0, 0.1) is 0 Å². The molecule has 0 bridgehead atoms. The van der Waals surface area contributed by atoms with Crippen LogP contribution in [0.5, 0.6) is 0 Å². The van der Waals surface area contributed by atoms with Crippen molar-refractivity contribution in [2.24, 2.45) is 0 Å². The molecule has 86 valence electrons. The van der Waals surface area contributed by atoms with Gasteiger partial charge < -0.3 is 0 Å². The highest BCUT2D eigenvalue weighted by Gasteiger charge is 2.16. The zero-order valence-corrected chi connectivity index (χ0v) is 10.7. The van der Waals surface area contributed by atoms with E-state index in [1.54, 1.807) is 0 Å². The van der Waals surface area contributed by atoms with E-state index in [4.69, 9.17) is 0 Å². The second-order valence-corrected chi connectivity index (χ2v) is 5.57. The number of rotatable bonds is 1. The Morgan fingerprint density at radius 3 is 2.44 bits per heavy atom. The smallest absolute Gasteiger partial charge is 0.157 e.